The summed E-state index contributed by atoms with van der Waals surface area (Å²) in [6.45, 7) is 0. The Hall–Kier alpha value is -2.20. The molecule has 0 saturated heterocycles. The molecule has 0 bridgehead atoms. The highest BCUT2D eigenvalue weighted by molar-refractivity contribution is 7.89. The fraction of sp³-hybridized carbons (Fsp3) is 0.300. The molecule has 2 aromatic rings. The highest BCUT2D eigenvalue weighted by atomic mass is 32.2. The van der Waals surface area contributed by atoms with Gasteiger partial charge in [-0.25, -0.2) is 13.4 Å². The lowest BCUT2D eigenvalue weighted by molar-refractivity contribution is -0.142. The van der Waals surface area contributed by atoms with Crippen molar-refractivity contribution < 1.29 is 17.9 Å². The van der Waals surface area contributed by atoms with Crippen LogP contribution < -0.4 is 4.72 Å². The third kappa shape index (κ3) is 3.22. The molecular formula is C10H13N5O4S. The summed E-state index contributed by atoms with van der Waals surface area (Å²) in [5.74, 6) is -0.688. The smallest absolute Gasteiger partial charge is 0.324 e. The topological polar surface area (TPSA) is 130 Å². The van der Waals surface area contributed by atoms with E-state index in [4.69, 9.17) is 0 Å². The maximum Gasteiger partial charge on any atom is 0.324 e. The first-order chi connectivity index (χ1) is 9.53. The molecular weight excluding hydrogens is 286 g/mol. The van der Waals surface area contributed by atoms with E-state index in [1.807, 2.05) is 0 Å². The van der Waals surface area contributed by atoms with Gasteiger partial charge < -0.3 is 9.72 Å². The molecule has 2 aromatic heterocycles. The number of ether oxygens (including phenoxy) is 1. The maximum absolute atomic E-state index is 12.0. The van der Waals surface area contributed by atoms with Crippen molar-refractivity contribution in [2.24, 2.45) is 0 Å². The van der Waals surface area contributed by atoms with Gasteiger partial charge in [-0.3, -0.25) is 9.89 Å². The number of carbonyl (C=O) groups excluding carboxylic acids is 1. The van der Waals surface area contributed by atoms with Crippen LogP contribution >= 0.6 is 0 Å². The normalized spacial score (nSPS) is 13.1. The molecule has 9 nitrogen and oxygen atoms in total. The monoisotopic (exact) mass is 299 g/mol. The van der Waals surface area contributed by atoms with E-state index in [9.17, 15) is 13.2 Å². The number of nitrogens with zero attached hydrogens (tertiary/aromatic N) is 2. The second-order valence-corrected chi connectivity index (χ2v) is 5.63. The van der Waals surface area contributed by atoms with Gasteiger partial charge in [0, 0.05) is 24.5 Å². The van der Waals surface area contributed by atoms with Crippen LogP contribution in [-0.4, -0.2) is 47.7 Å². The molecule has 2 rings (SSSR count). The Kier molecular flexibility index (Phi) is 4.15. The number of hydrogen-bond acceptors (Lipinski definition) is 6. The Bertz CT molecular complexity index is 650. The van der Waals surface area contributed by atoms with Crippen molar-refractivity contribution >= 4 is 16.0 Å². The molecule has 0 fully saturated rings. The molecule has 3 N–H and O–H groups in total. The first-order valence-corrected chi connectivity index (χ1v) is 7.07. The molecule has 10 heteroatoms. The molecule has 0 amide bonds. The van der Waals surface area contributed by atoms with Crippen LogP contribution in [0.15, 0.2) is 29.8 Å². The van der Waals surface area contributed by atoms with Crippen molar-refractivity contribution in [2.45, 2.75) is 17.4 Å². The lowest BCUT2D eigenvalue weighted by Crippen LogP contribution is -2.42. The number of sulfonamides is 1. The Morgan fingerprint density at radius 3 is 2.85 bits per heavy atom. The van der Waals surface area contributed by atoms with Gasteiger partial charge in [0.25, 0.3) is 0 Å². The molecule has 0 aliphatic carbocycles. The van der Waals surface area contributed by atoms with Gasteiger partial charge in [-0.05, 0) is 0 Å². The lowest BCUT2D eigenvalue weighted by atomic mass is 10.2. The van der Waals surface area contributed by atoms with Crippen LogP contribution in [0.25, 0.3) is 0 Å². The molecule has 20 heavy (non-hydrogen) atoms. The molecule has 0 aromatic carbocycles. The van der Waals surface area contributed by atoms with Crippen molar-refractivity contribution in [1.29, 1.82) is 0 Å². The summed E-state index contributed by atoms with van der Waals surface area (Å²) in [6, 6.07) is -1.06. The summed E-state index contributed by atoms with van der Waals surface area (Å²) < 4.78 is 31.0. The fourth-order valence-corrected chi connectivity index (χ4v) is 2.66. The quantitative estimate of drug-likeness (QED) is 0.598. The Morgan fingerprint density at radius 1 is 1.50 bits per heavy atom. The minimum Gasteiger partial charge on any atom is -0.468 e. The van der Waals surface area contributed by atoms with Crippen LogP contribution in [0.1, 0.15) is 5.69 Å². The number of nitrogens with one attached hydrogen (secondary N) is 3. The van der Waals surface area contributed by atoms with E-state index in [0.29, 0.717) is 5.69 Å². The Labute approximate surface area is 114 Å². The SMILES string of the molecule is COC(=O)[C@H](Cc1cnc[nH]1)NS(=O)(=O)c1cn[nH]c1. The summed E-state index contributed by atoms with van der Waals surface area (Å²) in [7, 11) is -2.66. The van der Waals surface area contributed by atoms with E-state index in [-0.39, 0.29) is 11.3 Å². The molecule has 0 saturated carbocycles. The first kappa shape index (κ1) is 14.2. The number of methoxy groups -OCH3 is 1. The lowest BCUT2D eigenvalue weighted by Gasteiger charge is -2.15. The minimum atomic E-state index is -3.85. The van der Waals surface area contributed by atoms with Gasteiger partial charge in [-0.1, -0.05) is 0 Å². The summed E-state index contributed by atoms with van der Waals surface area (Å²) in [5, 5.41) is 5.96. The third-order valence-corrected chi connectivity index (χ3v) is 3.98. The van der Waals surface area contributed by atoms with Gasteiger partial charge in [-0.15, -0.1) is 0 Å². The van der Waals surface area contributed by atoms with Crippen LogP contribution in [0.2, 0.25) is 0 Å². The molecule has 108 valence electrons. The molecule has 0 aliphatic heterocycles. The summed E-state index contributed by atoms with van der Waals surface area (Å²) in [4.78, 5) is 18.2. The highest BCUT2D eigenvalue weighted by Gasteiger charge is 2.27. The average molecular weight is 299 g/mol. The molecule has 0 spiro atoms. The number of aromatic nitrogens is 4. The van der Waals surface area contributed by atoms with Gasteiger partial charge in [0.1, 0.15) is 10.9 Å². The predicted molar refractivity (Wildman–Crippen MR) is 67.0 cm³/mol. The fourth-order valence-electron chi connectivity index (χ4n) is 1.57. The second-order valence-electron chi connectivity index (χ2n) is 3.91. The van der Waals surface area contributed by atoms with Crippen molar-refractivity contribution in [2.75, 3.05) is 7.11 Å². The zero-order valence-electron chi connectivity index (χ0n) is 10.5. The van der Waals surface area contributed by atoms with Crippen LogP contribution in [-0.2, 0) is 26.0 Å². The van der Waals surface area contributed by atoms with E-state index in [0.717, 1.165) is 6.20 Å². The van der Waals surface area contributed by atoms with Crippen LogP contribution in [0, 0.1) is 0 Å². The van der Waals surface area contributed by atoms with Gasteiger partial charge in [-0.2, -0.15) is 9.82 Å². The van der Waals surface area contributed by atoms with E-state index in [2.05, 4.69) is 29.6 Å². The third-order valence-electron chi connectivity index (χ3n) is 2.55. The van der Waals surface area contributed by atoms with Crippen LogP contribution in [0.3, 0.4) is 0 Å². The van der Waals surface area contributed by atoms with Gasteiger partial charge in [0.05, 0.1) is 19.6 Å². The van der Waals surface area contributed by atoms with Crippen LogP contribution in [0.5, 0.6) is 0 Å². The number of esters is 1. The number of carbonyl (C=O) groups is 1. The van der Waals surface area contributed by atoms with Crippen molar-refractivity contribution in [3.8, 4) is 0 Å². The van der Waals surface area contributed by atoms with Crippen LogP contribution in [0.4, 0.5) is 0 Å². The Balaban J connectivity index is 2.18. The standard InChI is InChI=1S/C10H13N5O4S/c1-19-10(16)9(2-7-3-11-6-12-7)15-20(17,18)8-4-13-14-5-8/h3-6,9,15H,2H2,1H3,(H,11,12)(H,13,14)/t9-/m0/s1. The van der Waals surface area contributed by atoms with Crippen molar-refractivity contribution in [3.05, 3.63) is 30.6 Å². The molecule has 0 aliphatic rings. The number of aromatic amines is 2. The number of H-pyrrole nitrogens is 2. The summed E-state index contributed by atoms with van der Waals surface area (Å²) in [6.07, 6.45) is 5.40. The molecule has 2 heterocycles. The zero-order chi connectivity index (χ0) is 14.6. The summed E-state index contributed by atoms with van der Waals surface area (Å²) >= 11 is 0. The number of hydrogen-bond donors (Lipinski definition) is 3. The average Bonchev–Trinajstić information content (AvgIpc) is 3.09. The maximum atomic E-state index is 12.0. The number of imidazole rings is 1. The second kappa shape index (κ2) is 5.84. The van der Waals surface area contributed by atoms with E-state index in [1.54, 1.807) is 0 Å². The zero-order valence-corrected chi connectivity index (χ0v) is 11.3. The minimum absolute atomic E-state index is 0.0592. The van der Waals surface area contributed by atoms with Crippen molar-refractivity contribution in [3.63, 3.8) is 0 Å². The van der Waals surface area contributed by atoms with E-state index in [1.165, 1.54) is 25.8 Å². The van der Waals surface area contributed by atoms with Gasteiger partial charge in [0.2, 0.25) is 10.0 Å². The summed E-state index contributed by atoms with van der Waals surface area (Å²) in [5.41, 5.74) is 0.607. The molecule has 1 atom stereocenters. The van der Waals surface area contributed by atoms with Gasteiger partial charge in [0.15, 0.2) is 0 Å². The van der Waals surface area contributed by atoms with Gasteiger partial charge >= 0.3 is 5.97 Å². The number of rotatable bonds is 6. The van der Waals surface area contributed by atoms with Crippen molar-refractivity contribution in [1.82, 2.24) is 24.9 Å². The molecule has 0 radical (unpaired) electrons. The largest absolute Gasteiger partial charge is 0.468 e. The highest BCUT2D eigenvalue weighted by Crippen LogP contribution is 2.08. The van der Waals surface area contributed by atoms with E-state index >= 15 is 0 Å². The Morgan fingerprint density at radius 2 is 2.30 bits per heavy atom. The predicted octanol–water partition coefficient (Wildman–Crippen LogP) is -0.805. The molecule has 0 unspecified atom stereocenters. The first-order valence-electron chi connectivity index (χ1n) is 5.59. The van der Waals surface area contributed by atoms with E-state index < -0.39 is 22.0 Å².